The quantitative estimate of drug-likeness (QED) is 0.340. The van der Waals surface area contributed by atoms with Gasteiger partial charge in [-0.25, -0.2) is 9.37 Å². The fraction of sp³-hybridized carbons (Fsp3) is 0.130. The summed E-state index contributed by atoms with van der Waals surface area (Å²) in [5, 5.41) is 1.02. The van der Waals surface area contributed by atoms with Crippen molar-refractivity contribution in [1.82, 2.24) is 9.55 Å². The van der Waals surface area contributed by atoms with Crippen LogP contribution in [0.1, 0.15) is 11.1 Å². The maximum atomic E-state index is 14.2. The van der Waals surface area contributed by atoms with Crippen LogP contribution in [-0.2, 0) is 5.75 Å². The number of benzene rings is 3. The Morgan fingerprint density at radius 3 is 2.55 bits per heavy atom. The molecule has 1 heterocycles. The van der Waals surface area contributed by atoms with Crippen LogP contribution in [0.2, 0.25) is 0 Å². The number of aryl methyl sites for hydroxylation is 1. The summed E-state index contributed by atoms with van der Waals surface area (Å²) in [6.07, 6.45) is 0. The van der Waals surface area contributed by atoms with Gasteiger partial charge in [0.1, 0.15) is 11.6 Å². The highest BCUT2D eigenvalue weighted by atomic mass is 32.2. The van der Waals surface area contributed by atoms with Gasteiger partial charge in [-0.1, -0.05) is 42.1 Å². The standard InChI is InChI=1S/C23H19FN2O2S/c1-15-7-10-17(13-20(15)24)26-22(27)19-5-3-4-6-21(19)25-23(26)29-14-16-8-11-18(28-2)12-9-16/h3-13H,14H2,1-2H3. The van der Waals surface area contributed by atoms with Crippen LogP contribution >= 0.6 is 11.8 Å². The van der Waals surface area contributed by atoms with Crippen LogP contribution in [0.5, 0.6) is 5.75 Å². The Morgan fingerprint density at radius 1 is 1.07 bits per heavy atom. The molecule has 0 radical (unpaired) electrons. The third kappa shape index (κ3) is 3.89. The van der Waals surface area contributed by atoms with E-state index in [1.165, 1.54) is 22.4 Å². The monoisotopic (exact) mass is 406 g/mol. The normalized spacial score (nSPS) is 11.0. The van der Waals surface area contributed by atoms with E-state index in [0.29, 0.717) is 33.1 Å². The smallest absolute Gasteiger partial charge is 0.266 e. The molecule has 0 amide bonds. The van der Waals surface area contributed by atoms with Gasteiger partial charge in [0, 0.05) is 5.75 Å². The summed E-state index contributed by atoms with van der Waals surface area (Å²) in [5.41, 5.74) is 2.48. The number of hydrogen-bond donors (Lipinski definition) is 0. The van der Waals surface area contributed by atoms with E-state index in [2.05, 4.69) is 0 Å². The molecule has 3 aromatic carbocycles. The first-order valence-corrected chi connectivity index (χ1v) is 10.1. The molecular weight excluding hydrogens is 387 g/mol. The largest absolute Gasteiger partial charge is 0.497 e. The molecule has 4 nitrogen and oxygen atoms in total. The Labute approximate surface area is 172 Å². The molecule has 0 saturated heterocycles. The van der Waals surface area contributed by atoms with Crippen molar-refractivity contribution in [3.8, 4) is 11.4 Å². The number of thioether (sulfide) groups is 1. The summed E-state index contributed by atoms with van der Waals surface area (Å²) in [4.78, 5) is 17.9. The molecule has 0 saturated carbocycles. The molecule has 0 bridgehead atoms. The summed E-state index contributed by atoms with van der Waals surface area (Å²) in [5.74, 6) is 1.05. The molecule has 0 unspecified atom stereocenters. The fourth-order valence-electron chi connectivity index (χ4n) is 3.03. The Kier molecular flexibility index (Phi) is 5.36. The third-order valence-corrected chi connectivity index (χ3v) is 5.70. The molecule has 29 heavy (non-hydrogen) atoms. The number of aromatic nitrogens is 2. The van der Waals surface area contributed by atoms with E-state index < -0.39 is 0 Å². The van der Waals surface area contributed by atoms with Crippen molar-refractivity contribution in [1.29, 1.82) is 0 Å². The Balaban J connectivity index is 1.80. The summed E-state index contributed by atoms with van der Waals surface area (Å²) < 4.78 is 20.9. The summed E-state index contributed by atoms with van der Waals surface area (Å²) >= 11 is 1.44. The van der Waals surface area contributed by atoms with E-state index in [-0.39, 0.29) is 11.4 Å². The van der Waals surface area contributed by atoms with Crippen LogP contribution in [-0.4, -0.2) is 16.7 Å². The van der Waals surface area contributed by atoms with Gasteiger partial charge in [0.05, 0.1) is 23.7 Å². The van der Waals surface area contributed by atoms with Gasteiger partial charge in [-0.05, 0) is 54.4 Å². The molecule has 0 aliphatic heterocycles. The summed E-state index contributed by atoms with van der Waals surface area (Å²) in [6.45, 7) is 1.69. The van der Waals surface area contributed by atoms with Gasteiger partial charge in [-0.3, -0.25) is 9.36 Å². The molecule has 0 N–H and O–H groups in total. The molecule has 0 spiro atoms. The lowest BCUT2D eigenvalue weighted by Gasteiger charge is -2.14. The van der Waals surface area contributed by atoms with Crippen molar-refractivity contribution in [3.63, 3.8) is 0 Å². The van der Waals surface area contributed by atoms with Crippen molar-refractivity contribution in [3.05, 3.63) is 94.0 Å². The first-order valence-electron chi connectivity index (χ1n) is 9.11. The van der Waals surface area contributed by atoms with Crippen molar-refractivity contribution >= 4 is 22.7 Å². The topological polar surface area (TPSA) is 44.1 Å². The van der Waals surface area contributed by atoms with Gasteiger partial charge in [0.2, 0.25) is 0 Å². The second-order valence-corrected chi connectivity index (χ2v) is 7.56. The van der Waals surface area contributed by atoms with Crippen LogP contribution < -0.4 is 10.3 Å². The average molecular weight is 406 g/mol. The number of methoxy groups -OCH3 is 1. The molecule has 1 aromatic heterocycles. The third-order valence-electron chi connectivity index (χ3n) is 4.69. The van der Waals surface area contributed by atoms with Gasteiger partial charge in [0.15, 0.2) is 5.16 Å². The number of para-hydroxylation sites is 1. The minimum absolute atomic E-state index is 0.212. The zero-order valence-corrected chi connectivity index (χ0v) is 16.9. The number of ether oxygens (including phenoxy) is 1. The highest BCUT2D eigenvalue weighted by Crippen LogP contribution is 2.26. The van der Waals surface area contributed by atoms with Gasteiger partial charge < -0.3 is 4.74 Å². The fourth-order valence-corrected chi connectivity index (χ4v) is 4.00. The number of nitrogens with zero attached hydrogens (tertiary/aromatic N) is 2. The minimum Gasteiger partial charge on any atom is -0.497 e. The second-order valence-electron chi connectivity index (χ2n) is 6.62. The SMILES string of the molecule is COc1ccc(CSc2nc3ccccc3c(=O)n2-c2ccc(C)c(F)c2)cc1. The lowest BCUT2D eigenvalue weighted by molar-refractivity contribution is 0.414. The zero-order chi connectivity index (χ0) is 20.4. The number of hydrogen-bond acceptors (Lipinski definition) is 4. The molecule has 0 aliphatic rings. The van der Waals surface area contributed by atoms with E-state index in [1.807, 2.05) is 36.4 Å². The van der Waals surface area contributed by atoms with Crippen LogP contribution in [0.25, 0.3) is 16.6 Å². The summed E-state index contributed by atoms with van der Waals surface area (Å²) in [6, 6.07) is 19.7. The lowest BCUT2D eigenvalue weighted by Crippen LogP contribution is -2.22. The Morgan fingerprint density at radius 2 is 1.83 bits per heavy atom. The van der Waals surface area contributed by atoms with Crippen molar-refractivity contribution in [2.45, 2.75) is 17.8 Å². The number of rotatable bonds is 5. The van der Waals surface area contributed by atoms with Gasteiger partial charge in [-0.15, -0.1) is 0 Å². The highest BCUT2D eigenvalue weighted by molar-refractivity contribution is 7.98. The van der Waals surface area contributed by atoms with Crippen molar-refractivity contribution < 1.29 is 9.13 Å². The van der Waals surface area contributed by atoms with E-state index in [1.54, 1.807) is 38.3 Å². The van der Waals surface area contributed by atoms with E-state index in [4.69, 9.17) is 9.72 Å². The highest BCUT2D eigenvalue weighted by Gasteiger charge is 2.14. The van der Waals surface area contributed by atoms with Gasteiger partial charge in [0.25, 0.3) is 5.56 Å². The van der Waals surface area contributed by atoms with Crippen LogP contribution in [0.15, 0.2) is 76.7 Å². The molecule has 6 heteroatoms. The first-order chi connectivity index (χ1) is 14.1. The van der Waals surface area contributed by atoms with Gasteiger partial charge >= 0.3 is 0 Å². The molecule has 0 aliphatic carbocycles. The average Bonchev–Trinajstić information content (AvgIpc) is 2.75. The molecule has 0 fully saturated rings. The first kappa shape index (κ1) is 19.2. The summed E-state index contributed by atoms with van der Waals surface area (Å²) in [7, 11) is 1.63. The second kappa shape index (κ2) is 8.09. The lowest BCUT2D eigenvalue weighted by atomic mass is 10.2. The van der Waals surface area contributed by atoms with Crippen LogP contribution in [0, 0.1) is 12.7 Å². The maximum absolute atomic E-state index is 14.2. The Bertz CT molecular complexity index is 1240. The molecular formula is C23H19FN2O2S. The number of halogens is 1. The molecule has 4 rings (SSSR count). The molecule has 4 aromatic rings. The van der Waals surface area contributed by atoms with E-state index in [9.17, 15) is 9.18 Å². The van der Waals surface area contributed by atoms with Crippen LogP contribution in [0.3, 0.4) is 0 Å². The minimum atomic E-state index is -0.353. The predicted octanol–water partition coefficient (Wildman–Crippen LogP) is 5.13. The van der Waals surface area contributed by atoms with Crippen molar-refractivity contribution in [2.75, 3.05) is 7.11 Å². The maximum Gasteiger partial charge on any atom is 0.266 e. The number of fused-ring (bicyclic) bond motifs is 1. The predicted molar refractivity (Wildman–Crippen MR) is 115 cm³/mol. The molecule has 146 valence electrons. The Hall–Kier alpha value is -3.12. The van der Waals surface area contributed by atoms with Gasteiger partial charge in [-0.2, -0.15) is 0 Å². The molecule has 0 atom stereocenters. The van der Waals surface area contributed by atoms with Crippen molar-refractivity contribution in [2.24, 2.45) is 0 Å². The van der Waals surface area contributed by atoms with E-state index >= 15 is 0 Å². The van der Waals surface area contributed by atoms with Crippen LogP contribution in [0.4, 0.5) is 4.39 Å². The zero-order valence-electron chi connectivity index (χ0n) is 16.1. The van der Waals surface area contributed by atoms with E-state index in [0.717, 1.165) is 11.3 Å².